The van der Waals surface area contributed by atoms with E-state index in [4.69, 9.17) is 11.6 Å². The molecule has 4 aliphatic carbocycles. The molecule has 5 aliphatic rings. The van der Waals surface area contributed by atoms with Gasteiger partial charge in [-0.05, 0) is 69.1 Å². The predicted octanol–water partition coefficient (Wildman–Crippen LogP) is 3.43. The predicted molar refractivity (Wildman–Crippen MR) is 76.1 cm³/mol. The van der Waals surface area contributed by atoms with Crippen molar-refractivity contribution in [1.82, 2.24) is 4.90 Å². The van der Waals surface area contributed by atoms with Gasteiger partial charge in [-0.25, -0.2) is 0 Å². The molecule has 19 heavy (non-hydrogen) atoms. The van der Waals surface area contributed by atoms with Gasteiger partial charge in [0.2, 0.25) is 5.91 Å². The number of piperidine rings is 1. The van der Waals surface area contributed by atoms with E-state index in [9.17, 15) is 4.79 Å². The van der Waals surface area contributed by atoms with Crippen molar-refractivity contribution in [3.05, 3.63) is 0 Å². The zero-order valence-electron chi connectivity index (χ0n) is 11.6. The normalized spacial score (nSPS) is 45.7. The van der Waals surface area contributed by atoms with Gasteiger partial charge in [0.15, 0.2) is 0 Å². The van der Waals surface area contributed by atoms with E-state index in [1.807, 2.05) is 0 Å². The van der Waals surface area contributed by atoms with Crippen molar-refractivity contribution in [2.24, 2.45) is 23.2 Å². The standard InChI is InChI=1S/C16H24ClNO/c17-14-1-3-18(4-2-14)15(19)16-8-11-5-12(9-16)7-13(6-11)10-16/h11-14H,1-10H2. The molecule has 0 aromatic rings. The van der Waals surface area contributed by atoms with E-state index in [0.717, 1.165) is 43.7 Å². The Kier molecular flexibility index (Phi) is 2.88. The highest BCUT2D eigenvalue weighted by Crippen LogP contribution is 2.60. The molecular formula is C16H24ClNO. The Morgan fingerprint density at radius 3 is 1.89 bits per heavy atom. The van der Waals surface area contributed by atoms with E-state index < -0.39 is 0 Å². The minimum Gasteiger partial charge on any atom is -0.342 e. The SMILES string of the molecule is O=C(N1CCC(Cl)CC1)C12CC3CC(CC(C3)C1)C2. The van der Waals surface area contributed by atoms with Crippen LogP contribution in [0.3, 0.4) is 0 Å². The minimum atomic E-state index is 0.0495. The molecule has 1 heterocycles. The molecular weight excluding hydrogens is 258 g/mol. The minimum absolute atomic E-state index is 0.0495. The van der Waals surface area contributed by atoms with Gasteiger partial charge in [-0.15, -0.1) is 11.6 Å². The van der Waals surface area contributed by atoms with Crippen LogP contribution in [0.1, 0.15) is 51.4 Å². The molecule has 1 saturated heterocycles. The Morgan fingerprint density at radius 2 is 1.42 bits per heavy atom. The van der Waals surface area contributed by atoms with Gasteiger partial charge in [0.05, 0.1) is 5.41 Å². The lowest BCUT2D eigenvalue weighted by atomic mass is 9.49. The smallest absolute Gasteiger partial charge is 0.228 e. The summed E-state index contributed by atoms with van der Waals surface area (Å²) in [6.45, 7) is 1.80. The zero-order chi connectivity index (χ0) is 13.0. The highest BCUT2D eigenvalue weighted by atomic mass is 35.5. The van der Waals surface area contributed by atoms with Crippen molar-refractivity contribution in [3.63, 3.8) is 0 Å². The van der Waals surface area contributed by atoms with Crippen molar-refractivity contribution in [2.75, 3.05) is 13.1 Å². The number of carbonyl (C=O) groups is 1. The zero-order valence-corrected chi connectivity index (χ0v) is 12.4. The molecule has 0 aromatic heterocycles. The summed E-state index contributed by atoms with van der Waals surface area (Å²) in [4.78, 5) is 15.2. The van der Waals surface area contributed by atoms with Crippen LogP contribution < -0.4 is 0 Å². The monoisotopic (exact) mass is 281 g/mol. The number of hydrogen-bond acceptors (Lipinski definition) is 1. The van der Waals surface area contributed by atoms with Crippen LogP contribution in [0, 0.1) is 23.2 Å². The summed E-state index contributed by atoms with van der Waals surface area (Å²) in [6, 6.07) is 0. The maximum Gasteiger partial charge on any atom is 0.228 e. The summed E-state index contributed by atoms with van der Waals surface area (Å²) in [5, 5.41) is 0.292. The van der Waals surface area contributed by atoms with Crippen LogP contribution in [0.4, 0.5) is 0 Å². The second-order valence-electron chi connectivity index (χ2n) is 7.66. The number of nitrogens with zero attached hydrogens (tertiary/aromatic N) is 1. The number of alkyl halides is 1. The lowest BCUT2D eigenvalue weighted by Crippen LogP contribution is -2.55. The summed E-state index contributed by atoms with van der Waals surface area (Å²) in [6.07, 6.45) is 9.79. The number of rotatable bonds is 1. The molecule has 0 aromatic carbocycles. The molecule has 0 spiro atoms. The Balaban J connectivity index is 1.53. The quantitative estimate of drug-likeness (QED) is 0.674. The van der Waals surface area contributed by atoms with Crippen LogP contribution in [-0.2, 0) is 4.79 Å². The van der Waals surface area contributed by atoms with Gasteiger partial charge in [0, 0.05) is 18.5 Å². The van der Waals surface area contributed by atoms with Crippen LogP contribution in [0.2, 0.25) is 0 Å². The first-order valence-electron chi connectivity index (χ1n) is 8.08. The van der Waals surface area contributed by atoms with E-state index in [2.05, 4.69) is 4.90 Å². The maximum absolute atomic E-state index is 13.0. The van der Waals surface area contributed by atoms with Crippen LogP contribution in [0.15, 0.2) is 0 Å². The van der Waals surface area contributed by atoms with Crippen molar-refractivity contribution in [3.8, 4) is 0 Å². The average molecular weight is 282 g/mol. The molecule has 5 rings (SSSR count). The van der Waals surface area contributed by atoms with Crippen molar-refractivity contribution in [1.29, 1.82) is 0 Å². The van der Waals surface area contributed by atoms with Crippen LogP contribution in [0.25, 0.3) is 0 Å². The molecule has 0 unspecified atom stereocenters. The molecule has 4 saturated carbocycles. The fourth-order valence-electron chi connectivity index (χ4n) is 5.76. The second-order valence-corrected chi connectivity index (χ2v) is 8.28. The van der Waals surface area contributed by atoms with Gasteiger partial charge < -0.3 is 4.90 Å². The van der Waals surface area contributed by atoms with Gasteiger partial charge in [-0.1, -0.05) is 0 Å². The van der Waals surface area contributed by atoms with Crippen molar-refractivity contribution >= 4 is 17.5 Å². The number of likely N-dealkylation sites (tertiary alicyclic amines) is 1. The lowest BCUT2D eigenvalue weighted by Gasteiger charge is -2.57. The molecule has 3 heteroatoms. The van der Waals surface area contributed by atoms with Crippen molar-refractivity contribution < 1.29 is 4.79 Å². The highest BCUT2D eigenvalue weighted by Gasteiger charge is 2.55. The molecule has 0 atom stereocenters. The molecule has 0 radical (unpaired) electrons. The third-order valence-corrected chi connectivity index (χ3v) is 6.64. The Hall–Kier alpha value is -0.240. The van der Waals surface area contributed by atoms with E-state index in [0.29, 0.717) is 11.3 Å². The summed E-state index contributed by atoms with van der Waals surface area (Å²) >= 11 is 6.17. The van der Waals surface area contributed by atoms with Gasteiger partial charge >= 0.3 is 0 Å². The summed E-state index contributed by atoms with van der Waals surface area (Å²) in [7, 11) is 0. The summed E-state index contributed by atoms with van der Waals surface area (Å²) in [5.41, 5.74) is 0.0495. The second kappa shape index (κ2) is 4.38. The number of amides is 1. The molecule has 1 amide bonds. The Morgan fingerprint density at radius 1 is 0.947 bits per heavy atom. The first kappa shape index (κ1) is 12.5. The van der Waals surface area contributed by atoms with E-state index in [1.165, 1.54) is 38.5 Å². The topological polar surface area (TPSA) is 20.3 Å². The van der Waals surface area contributed by atoms with Gasteiger partial charge in [-0.3, -0.25) is 4.79 Å². The fourth-order valence-corrected chi connectivity index (χ4v) is 5.95. The average Bonchev–Trinajstić information content (AvgIpc) is 2.37. The highest BCUT2D eigenvalue weighted by molar-refractivity contribution is 6.20. The molecule has 106 valence electrons. The van der Waals surface area contributed by atoms with Crippen LogP contribution >= 0.6 is 11.6 Å². The van der Waals surface area contributed by atoms with Crippen LogP contribution in [0.5, 0.6) is 0 Å². The Bertz CT molecular complexity index is 351. The molecule has 2 nitrogen and oxygen atoms in total. The number of hydrogen-bond donors (Lipinski definition) is 0. The number of carbonyl (C=O) groups excluding carboxylic acids is 1. The van der Waals surface area contributed by atoms with Crippen LogP contribution in [-0.4, -0.2) is 29.3 Å². The largest absolute Gasteiger partial charge is 0.342 e. The fraction of sp³-hybridized carbons (Fsp3) is 0.938. The van der Waals surface area contributed by atoms with Crippen molar-refractivity contribution in [2.45, 2.75) is 56.7 Å². The number of halogens is 1. The Labute approximate surface area is 120 Å². The molecule has 0 N–H and O–H groups in total. The van der Waals surface area contributed by atoms with Gasteiger partial charge in [0.1, 0.15) is 0 Å². The summed E-state index contributed by atoms with van der Waals surface area (Å²) in [5.74, 6) is 3.08. The first-order chi connectivity index (χ1) is 9.14. The molecule has 4 bridgehead atoms. The molecule has 1 aliphatic heterocycles. The van der Waals surface area contributed by atoms with E-state index >= 15 is 0 Å². The van der Waals surface area contributed by atoms with E-state index in [1.54, 1.807) is 0 Å². The third kappa shape index (κ3) is 2.02. The van der Waals surface area contributed by atoms with Gasteiger partial charge in [0.25, 0.3) is 0 Å². The molecule has 5 fully saturated rings. The maximum atomic E-state index is 13.0. The van der Waals surface area contributed by atoms with E-state index in [-0.39, 0.29) is 5.41 Å². The first-order valence-corrected chi connectivity index (χ1v) is 8.52. The third-order valence-electron chi connectivity index (χ3n) is 6.20. The summed E-state index contributed by atoms with van der Waals surface area (Å²) < 4.78 is 0. The lowest BCUT2D eigenvalue weighted by molar-refractivity contribution is -0.158. The van der Waals surface area contributed by atoms with Gasteiger partial charge in [-0.2, -0.15) is 0 Å².